The van der Waals surface area contributed by atoms with Crippen molar-refractivity contribution in [2.24, 2.45) is 0 Å². The van der Waals surface area contributed by atoms with E-state index in [0.717, 1.165) is 0 Å². The highest BCUT2D eigenvalue weighted by Crippen LogP contribution is 2.34. The first-order valence-corrected chi connectivity index (χ1v) is 10.7. The summed E-state index contributed by atoms with van der Waals surface area (Å²) in [6.45, 7) is -2.12. The topological polar surface area (TPSA) is 58.2 Å². The number of rotatable bonds is 7. The van der Waals surface area contributed by atoms with Crippen LogP contribution >= 0.6 is 50.7 Å². The molecule has 172 valence electrons. The van der Waals surface area contributed by atoms with E-state index in [1.807, 2.05) is 0 Å². The zero-order valence-electron chi connectivity index (χ0n) is 15.9. The van der Waals surface area contributed by atoms with E-state index in [9.17, 15) is 27.2 Å². The number of hydrogen-bond acceptors (Lipinski definition) is 2. The van der Waals surface area contributed by atoms with Crippen molar-refractivity contribution < 1.29 is 27.2 Å². The van der Waals surface area contributed by atoms with Crippen molar-refractivity contribution in [1.82, 2.24) is 10.6 Å². The molecule has 2 N–H and O–H groups in total. The number of benzene rings is 2. The second-order valence-electron chi connectivity index (χ2n) is 6.37. The molecule has 0 bridgehead atoms. The van der Waals surface area contributed by atoms with Crippen LogP contribution in [0.5, 0.6) is 0 Å². The van der Waals surface area contributed by atoms with Gasteiger partial charge in [-0.15, -0.1) is 0 Å². The molecule has 0 fully saturated rings. The van der Waals surface area contributed by atoms with Gasteiger partial charge < -0.3 is 10.6 Å². The van der Waals surface area contributed by atoms with Crippen LogP contribution in [0, 0.1) is 0 Å². The van der Waals surface area contributed by atoms with Gasteiger partial charge in [-0.1, -0.05) is 46.9 Å². The molecule has 2 aromatic rings. The van der Waals surface area contributed by atoms with Crippen LogP contribution in [0.3, 0.4) is 0 Å². The average Bonchev–Trinajstić information content (AvgIpc) is 2.71. The Bertz CT molecular complexity index is 1020. The maximum Gasteiger partial charge on any atom is 0.405 e. The molecule has 0 aromatic heterocycles. The third-order valence-corrected chi connectivity index (χ3v) is 5.77. The maximum atomic E-state index is 14.5. The molecule has 0 heterocycles. The van der Waals surface area contributed by atoms with E-state index in [0.29, 0.717) is 10.0 Å². The van der Waals surface area contributed by atoms with Gasteiger partial charge in [-0.25, -0.2) is 4.39 Å². The Balaban J connectivity index is 2.00. The number of carbonyl (C=O) groups is 2. The fourth-order valence-corrected chi connectivity index (χ4v) is 3.57. The summed E-state index contributed by atoms with van der Waals surface area (Å²) in [7, 11) is 0. The molecule has 32 heavy (non-hydrogen) atoms. The quantitative estimate of drug-likeness (QED) is 0.291. The number of carbonyl (C=O) groups excluding carboxylic acids is 2. The van der Waals surface area contributed by atoms with Gasteiger partial charge in [0.05, 0.1) is 27.2 Å². The summed E-state index contributed by atoms with van der Waals surface area (Å²) in [6, 6.07) is 7.19. The predicted octanol–water partition coefficient (Wildman–Crippen LogP) is 6.54. The Kier molecular flexibility index (Phi) is 9.39. The molecule has 0 aliphatic rings. The summed E-state index contributed by atoms with van der Waals surface area (Å²) in [4.78, 5) is 23.6. The fourth-order valence-electron chi connectivity index (χ4n) is 2.38. The molecule has 1 unspecified atom stereocenters. The largest absolute Gasteiger partial charge is 0.405 e. The van der Waals surface area contributed by atoms with E-state index < -0.39 is 37.3 Å². The van der Waals surface area contributed by atoms with Crippen molar-refractivity contribution in [3.8, 4) is 0 Å². The highest BCUT2D eigenvalue weighted by Gasteiger charge is 2.27. The van der Waals surface area contributed by atoms with Gasteiger partial charge in [-0.2, -0.15) is 13.2 Å². The first kappa shape index (κ1) is 26.4. The number of alkyl halides is 4. The van der Waals surface area contributed by atoms with E-state index in [1.165, 1.54) is 42.5 Å². The lowest BCUT2D eigenvalue weighted by Gasteiger charge is -2.10. The Labute approximate surface area is 204 Å². The van der Waals surface area contributed by atoms with Gasteiger partial charge in [0.1, 0.15) is 12.7 Å². The van der Waals surface area contributed by atoms with Crippen LogP contribution in [0.1, 0.15) is 27.7 Å². The van der Waals surface area contributed by atoms with Gasteiger partial charge in [0.25, 0.3) is 5.91 Å². The van der Waals surface area contributed by atoms with Gasteiger partial charge in [0.15, 0.2) is 0 Å². The highest BCUT2D eigenvalue weighted by atomic mass is 79.9. The van der Waals surface area contributed by atoms with E-state index >= 15 is 0 Å². The normalized spacial score (nSPS) is 12.6. The molecular formula is C20H14BrCl3F4N2O2. The lowest BCUT2D eigenvalue weighted by molar-refractivity contribution is -0.137. The molecule has 2 aromatic carbocycles. The summed E-state index contributed by atoms with van der Waals surface area (Å²) >= 11 is 20.9. The Morgan fingerprint density at radius 3 is 2.25 bits per heavy atom. The summed E-state index contributed by atoms with van der Waals surface area (Å²) in [5, 5.41) is 4.24. The Morgan fingerprint density at radius 1 is 1.06 bits per heavy atom. The second-order valence-corrected chi connectivity index (χ2v) is 8.42. The molecule has 0 saturated carbocycles. The molecule has 0 spiro atoms. The minimum Gasteiger partial charge on any atom is -0.345 e. The van der Waals surface area contributed by atoms with Crippen molar-refractivity contribution in [2.75, 3.05) is 13.1 Å². The van der Waals surface area contributed by atoms with Crippen LogP contribution in [0.15, 0.2) is 40.9 Å². The predicted molar refractivity (Wildman–Crippen MR) is 120 cm³/mol. The van der Waals surface area contributed by atoms with E-state index in [-0.39, 0.29) is 26.2 Å². The van der Waals surface area contributed by atoms with Gasteiger partial charge in [0.2, 0.25) is 5.91 Å². The van der Waals surface area contributed by atoms with Crippen LogP contribution < -0.4 is 10.6 Å². The number of hydrogen-bond donors (Lipinski definition) is 2. The molecule has 2 amide bonds. The molecule has 12 heteroatoms. The zero-order chi connectivity index (χ0) is 24.1. The second kappa shape index (κ2) is 11.4. The highest BCUT2D eigenvalue weighted by molar-refractivity contribution is 9.10. The minimum atomic E-state index is -4.54. The summed E-state index contributed by atoms with van der Waals surface area (Å²) in [6.07, 6.45) is -3.35. The summed E-state index contributed by atoms with van der Waals surface area (Å²) in [5.74, 6) is -1.66. The van der Waals surface area contributed by atoms with Crippen molar-refractivity contribution in [3.05, 3.63) is 72.6 Å². The first-order chi connectivity index (χ1) is 14.9. The van der Waals surface area contributed by atoms with Gasteiger partial charge >= 0.3 is 6.18 Å². The third kappa shape index (κ3) is 7.95. The molecule has 0 saturated heterocycles. The standard InChI is InChI=1S/C20H14BrCl3F4N2O2/c21-13-5-10(2-4-16(25)11-6-14(22)18(24)15(23)7-11)1-3-12(13)19(32)29-8-17(31)30-9-20(26,27)28/h1-7,16H,8-9H2,(H,29,32)(H,30,31)/b4-2-. The van der Waals surface area contributed by atoms with Crippen molar-refractivity contribution in [2.45, 2.75) is 12.3 Å². The monoisotopic (exact) mass is 574 g/mol. The van der Waals surface area contributed by atoms with E-state index in [2.05, 4.69) is 21.2 Å². The average molecular weight is 577 g/mol. The molecule has 0 aliphatic heterocycles. The maximum absolute atomic E-state index is 14.5. The molecule has 1 atom stereocenters. The minimum absolute atomic E-state index is 0.121. The van der Waals surface area contributed by atoms with Crippen molar-refractivity contribution in [3.63, 3.8) is 0 Å². The third-order valence-electron chi connectivity index (χ3n) is 3.92. The smallest absolute Gasteiger partial charge is 0.345 e. The Morgan fingerprint density at radius 2 is 1.69 bits per heavy atom. The number of halogens is 8. The lowest BCUT2D eigenvalue weighted by atomic mass is 10.1. The van der Waals surface area contributed by atoms with Crippen LogP contribution in [-0.2, 0) is 4.79 Å². The molecular weight excluding hydrogens is 562 g/mol. The Hall–Kier alpha value is -1.81. The van der Waals surface area contributed by atoms with Gasteiger partial charge in [0, 0.05) is 4.47 Å². The first-order valence-electron chi connectivity index (χ1n) is 8.75. The van der Waals surface area contributed by atoms with Crippen LogP contribution in [0.4, 0.5) is 17.6 Å². The van der Waals surface area contributed by atoms with Gasteiger partial charge in [-0.3, -0.25) is 9.59 Å². The SMILES string of the molecule is O=C(CNC(=O)c1ccc(/C=C\C(F)c2cc(Cl)c(Cl)c(Cl)c2)cc1Br)NCC(F)(F)F. The van der Waals surface area contributed by atoms with Crippen LogP contribution in [0.2, 0.25) is 15.1 Å². The lowest BCUT2D eigenvalue weighted by Crippen LogP contribution is -2.40. The zero-order valence-corrected chi connectivity index (χ0v) is 19.7. The van der Waals surface area contributed by atoms with Crippen LogP contribution in [0.25, 0.3) is 6.08 Å². The van der Waals surface area contributed by atoms with E-state index in [1.54, 1.807) is 5.32 Å². The van der Waals surface area contributed by atoms with Crippen LogP contribution in [-0.4, -0.2) is 31.1 Å². The van der Waals surface area contributed by atoms with Crippen molar-refractivity contribution in [1.29, 1.82) is 0 Å². The number of allylic oxidation sites excluding steroid dienone is 1. The van der Waals surface area contributed by atoms with E-state index in [4.69, 9.17) is 34.8 Å². The van der Waals surface area contributed by atoms with Gasteiger partial charge in [-0.05, 0) is 57.4 Å². The molecule has 0 radical (unpaired) electrons. The summed E-state index contributed by atoms with van der Waals surface area (Å²) in [5.41, 5.74) is 0.892. The number of nitrogens with one attached hydrogen (secondary N) is 2. The molecule has 2 rings (SSSR count). The fraction of sp³-hybridized carbons (Fsp3) is 0.200. The number of amides is 2. The molecule has 4 nitrogen and oxygen atoms in total. The van der Waals surface area contributed by atoms with Crippen molar-refractivity contribution >= 4 is 68.6 Å². The summed E-state index contributed by atoms with van der Waals surface area (Å²) < 4.78 is 51.1. The molecule has 0 aliphatic carbocycles.